The van der Waals surface area contributed by atoms with E-state index in [1.54, 1.807) is 84.9 Å². The Morgan fingerprint density at radius 1 is 0.478 bits per heavy atom. The molecule has 0 saturated heterocycles. The van der Waals surface area contributed by atoms with Crippen LogP contribution in [0.1, 0.15) is 0 Å². The van der Waals surface area contributed by atoms with Gasteiger partial charge in [0.1, 0.15) is 21.2 Å². The molecule has 0 saturated carbocycles. The minimum atomic E-state index is -4.62. The Kier molecular flexibility index (Phi) is 7.79. The zero-order valence-electron chi connectivity index (χ0n) is 23.7. The molecule has 46 heavy (non-hydrogen) atoms. The van der Waals surface area contributed by atoms with Crippen molar-refractivity contribution >= 4 is 75.9 Å². The standard InChI is InChI=1S/C32H24N6O6S2/c33-29-27(17-21-5-1-3-7-25(21)31(29)45(39,40)41)37-35-23-13-9-19(10-14-23)20-11-15-24(16-12-20)36-38-28-18-22-6-2-4-8-26(22)32(30(28)34)46(42,43)44/h1-18H,33-34H2,(H,39,40,41)(H,42,43,44). The Bertz CT molecular complexity index is 2260. The van der Waals surface area contributed by atoms with Crippen LogP contribution >= 0.6 is 0 Å². The highest BCUT2D eigenvalue weighted by Crippen LogP contribution is 2.39. The molecule has 0 aromatic heterocycles. The van der Waals surface area contributed by atoms with Gasteiger partial charge in [0.2, 0.25) is 0 Å². The molecule has 0 aliphatic heterocycles. The van der Waals surface area contributed by atoms with Gasteiger partial charge in [0.15, 0.2) is 0 Å². The first-order valence-corrected chi connectivity index (χ1v) is 16.4. The number of rotatable bonds is 7. The zero-order valence-corrected chi connectivity index (χ0v) is 25.3. The summed E-state index contributed by atoms with van der Waals surface area (Å²) in [6.45, 7) is 0. The molecule has 0 amide bonds. The first-order valence-electron chi connectivity index (χ1n) is 13.5. The van der Waals surface area contributed by atoms with E-state index in [4.69, 9.17) is 11.5 Å². The molecule has 0 unspecified atom stereocenters. The quantitative estimate of drug-likeness (QED) is 0.0749. The average molecular weight is 653 g/mol. The van der Waals surface area contributed by atoms with Crippen LogP contribution in [0, 0.1) is 0 Å². The van der Waals surface area contributed by atoms with Crippen LogP contribution in [-0.2, 0) is 20.2 Å². The van der Waals surface area contributed by atoms with Gasteiger partial charge in [-0.15, -0.1) is 10.2 Å². The molecule has 6 aromatic carbocycles. The molecule has 6 rings (SSSR count). The van der Waals surface area contributed by atoms with Crippen LogP contribution in [0.25, 0.3) is 32.7 Å². The number of azo groups is 2. The van der Waals surface area contributed by atoms with E-state index in [9.17, 15) is 25.9 Å². The molecular weight excluding hydrogens is 629 g/mol. The number of nitrogens with zero attached hydrogens (tertiary/aromatic N) is 4. The molecular formula is C32H24N6O6S2. The SMILES string of the molecule is Nc1c(N=Nc2ccc(-c3ccc(N=Nc4cc5ccccc5c(S(=O)(=O)O)c4N)cc3)cc2)cc2ccccc2c1S(=O)(=O)O. The number of hydrogen-bond donors (Lipinski definition) is 4. The zero-order chi connectivity index (χ0) is 32.6. The third-order valence-electron chi connectivity index (χ3n) is 7.17. The van der Waals surface area contributed by atoms with Crippen molar-refractivity contribution in [2.45, 2.75) is 9.79 Å². The van der Waals surface area contributed by atoms with Crippen molar-refractivity contribution in [1.82, 2.24) is 0 Å². The maximum Gasteiger partial charge on any atom is 0.297 e. The lowest BCUT2D eigenvalue weighted by Crippen LogP contribution is -2.04. The summed E-state index contributed by atoms with van der Waals surface area (Å²) in [4.78, 5) is -0.831. The van der Waals surface area contributed by atoms with Crippen molar-refractivity contribution in [2.24, 2.45) is 20.5 Å². The van der Waals surface area contributed by atoms with E-state index in [0.717, 1.165) is 11.1 Å². The normalized spacial score (nSPS) is 12.5. The molecule has 0 atom stereocenters. The summed E-state index contributed by atoms with van der Waals surface area (Å²) in [5.74, 6) is 0. The topological polar surface area (TPSA) is 210 Å². The minimum Gasteiger partial charge on any atom is -0.396 e. The molecule has 6 aromatic rings. The van der Waals surface area contributed by atoms with Crippen molar-refractivity contribution < 1.29 is 25.9 Å². The minimum absolute atomic E-state index is 0.0970. The van der Waals surface area contributed by atoms with Crippen molar-refractivity contribution in [3.05, 3.63) is 109 Å². The number of nitrogens with two attached hydrogens (primary N) is 2. The average Bonchev–Trinajstić information content (AvgIpc) is 3.02. The van der Waals surface area contributed by atoms with Crippen LogP contribution in [0.5, 0.6) is 0 Å². The van der Waals surface area contributed by atoms with Gasteiger partial charge in [0.05, 0.1) is 22.7 Å². The Hall–Kier alpha value is -5.54. The van der Waals surface area contributed by atoms with Crippen molar-refractivity contribution in [3.63, 3.8) is 0 Å². The van der Waals surface area contributed by atoms with Crippen molar-refractivity contribution in [1.29, 1.82) is 0 Å². The van der Waals surface area contributed by atoms with Crippen LogP contribution in [0.4, 0.5) is 34.1 Å². The molecule has 0 fully saturated rings. The fourth-order valence-corrected chi connectivity index (χ4v) is 6.71. The molecule has 0 heterocycles. The highest BCUT2D eigenvalue weighted by atomic mass is 32.2. The molecule has 0 bridgehead atoms. The molecule has 230 valence electrons. The predicted molar refractivity (Wildman–Crippen MR) is 177 cm³/mol. The van der Waals surface area contributed by atoms with Gasteiger partial charge in [0.25, 0.3) is 20.2 Å². The Morgan fingerprint density at radius 2 is 0.826 bits per heavy atom. The van der Waals surface area contributed by atoms with Gasteiger partial charge in [-0.1, -0.05) is 72.8 Å². The number of anilines is 2. The predicted octanol–water partition coefficient (Wildman–Crippen LogP) is 8.15. The van der Waals surface area contributed by atoms with Gasteiger partial charge in [-0.2, -0.15) is 27.1 Å². The van der Waals surface area contributed by atoms with Gasteiger partial charge in [-0.3, -0.25) is 9.11 Å². The fourth-order valence-electron chi connectivity index (χ4n) is 5.02. The third kappa shape index (κ3) is 6.05. The first kappa shape index (κ1) is 30.5. The third-order valence-corrected chi connectivity index (χ3v) is 9.08. The maximum absolute atomic E-state index is 12.0. The van der Waals surface area contributed by atoms with Gasteiger partial charge in [0, 0.05) is 10.8 Å². The lowest BCUT2D eigenvalue weighted by Gasteiger charge is -2.10. The Morgan fingerprint density at radius 3 is 1.17 bits per heavy atom. The van der Waals surface area contributed by atoms with E-state index < -0.39 is 30.0 Å². The Labute approximate surface area is 263 Å². The van der Waals surface area contributed by atoms with Gasteiger partial charge in [-0.25, -0.2) is 0 Å². The molecule has 0 aliphatic rings. The van der Waals surface area contributed by atoms with Crippen LogP contribution < -0.4 is 11.5 Å². The van der Waals surface area contributed by atoms with Crippen LogP contribution in [0.15, 0.2) is 139 Å². The molecule has 0 aliphatic carbocycles. The van der Waals surface area contributed by atoms with Gasteiger partial charge < -0.3 is 11.5 Å². The number of nitrogen functional groups attached to an aromatic ring is 2. The van der Waals surface area contributed by atoms with E-state index in [2.05, 4.69) is 20.5 Å². The molecule has 0 radical (unpaired) electrons. The summed E-state index contributed by atoms with van der Waals surface area (Å²) >= 11 is 0. The first-order chi connectivity index (χ1) is 21.9. The highest BCUT2D eigenvalue weighted by Gasteiger charge is 2.22. The van der Waals surface area contributed by atoms with Gasteiger partial charge >= 0.3 is 0 Å². The summed E-state index contributed by atoms with van der Waals surface area (Å²) in [5, 5.41) is 18.3. The summed E-state index contributed by atoms with van der Waals surface area (Å²) in [7, 11) is -9.23. The molecule has 0 spiro atoms. The molecule has 14 heteroatoms. The maximum atomic E-state index is 12.0. The summed E-state index contributed by atoms with van der Waals surface area (Å²) in [6, 6.07) is 30.6. The van der Waals surface area contributed by atoms with Crippen molar-refractivity contribution in [3.8, 4) is 11.1 Å². The van der Waals surface area contributed by atoms with Crippen molar-refractivity contribution in [2.75, 3.05) is 11.5 Å². The number of benzene rings is 6. The van der Waals surface area contributed by atoms with Gasteiger partial charge in [-0.05, 0) is 58.3 Å². The lowest BCUT2D eigenvalue weighted by molar-refractivity contribution is 0.482. The van der Waals surface area contributed by atoms with E-state index in [1.165, 1.54) is 0 Å². The second kappa shape index (κ2) is 11.8. The lowest BCUT2D eigenvalue weighted by atomic mass is 10.1. The summed E-state index contributed by atoms with van der Waals surface area (Å²) in [6.07, 6.45) is 0. The number of fused-ring (bicyclic) bond motifs is 2. The second-order valence-corrected chi connectivity index (χ2v) is 12.9. The van der Waals surface area contributed by atoms with Crippen LogP contribution in [-0.4, -0.2) is 25.9 Å². The number of hydrogen-bond acceptors (Lipinski definition) is 10. The Balaban J connectivity index is 1.22. The largest absolute Gasteiger partial charge is 0.396 e. The van der Waals surface area contributed by atoms with E-state index >= 15 is 0 Å². The molecule has 6 N–H and O–H groups in total. The summed E-state index contributed by atoms with van der Waals surface area (Å²) < 4.78 is 67.7. The van der Waals surface area contributed by atoms with E-state index in [1.807, 2.05) is 24.3 Å². The monoisotopic (exact) mass is 652 g/mol. The van der Waals surface area contributed by atoms with E-state index in [0.29, 0.717) is 22.1 Å². The highest BCUT2D eigenvalue weighted by molar-refractivity contribution is 7.86. The smallest absolute Gasteiger partial charge is 0.297 e. The van der Waals surface area contributed by atoms with Crippen LogP contribution in [0.2, 0.25) is 0 Å². The van der Waals surface area contributed by atoms with E-state index in [-0.39, 0.29) is 33.5 Å². The fraction of sp³-hybridized carbons (Fsp3) is 0. The van der Waals surface area contributed by atoms with Crippen LogP contribution in [0.3, 0.4) is 0 Å². The molecule has 12 nitrogen and oxygen atoms in total. The summed E-state index contributed by atoms with van der Waals surface area (Å²) in [5.41, 5.74) is 14.6. The second-order valence-electron chi connectivity index (χ2n) is 10.2.